The van der Waals surface area contributed by atoms with Gasteiger partial charge in [0.2, 0.25) is 0 Å². The molecule has 0 fully saturated rings. The van der Waals surface area contributed by atoms with Crippen LogP contribution in [0.5, 0.6) is 0 Å². The largest absolute Gasteiger partial charge is 0.391 e. The summed E-state index contributed by atoms with van der Waals surface area (Å²) in [4.78, 5) is 3.12. The Morgan fingerprint density at radius 3 is 1.78 bits per heavy atom. The van der Waals surface area contributed by atoms with E-state index in [1.54, 1.807) is 0 Å². The summed E-state index contributed by atoms with van der Waals surface area (Å²) in [5.41, 5.74) is 3.56. The lowest BCUT2D eigenvalue weighted by Crippen LogP contribution is -2.46. The highest BCUT2D eigenvalue weighted by molar-refractivity contribution is 7.85. The molecule has 4 heteroatoms. The van der Waals surface area contributed by atoms with Crippen LogP contribution in [0.3, 0.4) is 0 Å². The average Bonchev–Trinajstić information content (AvgIpc) is 2.78. The van der Waals surface area contributed by atoms with Crippen molar-refractivity contribution in [3.63, 3.8) is 0 Å². The van der Waals surface area contributed by atoms with E-state index >= 15 is 0 Å². The van der Waals surface area contributed by atoms with Crippen molar-refractivity contribution in [2.75, 3.05) is 5.75 Å². The lowest BCUT2D eigenvalue weighted by atomic mass is 9.97. The second-order valence-corrected chi connectivity index (χ2v) is 10.5. The second kappa shape index (κ2) is 12.1. The summed E-state index contributed by atoms with van der Waals surface area (Å²) < 4.78 is 13.0. The van der Waals surface area contributed by atoms with E-state index in [-0.39, 0.29) is 11.8 Å². The molecule has 0 saturated heterocycles. The Morgan fingerprint density at radius 1 is 0.812 bits per heavy atom. The van der Waals surface area contributed by atoms with Crippen molar-refractivity contribution in [3.05, 3.63) is 102 Å². The minimum atomic E-state index is -1.24. The molecule has 0 unspecified atom stereocenters. The highest BCUT2D eigenvalue weighted by Gasteiger charge is 2.29. The maximum absolute atomic E-state index is 13.0. The summed E-state index contributed by atoms with van der Waals surface area (Å²) >= 11 is 0. The Kier molecular flexibility index (Phi) is 9.22. The summed E-state index contributed by atoms with van der Waals surface area (Å²) in [5, 5.41) is 11.3. The molecule has 0 radical (unpaired) electrons. The summed E-state index contributed by atoms with van der Waals surface area (Å²) in [6.45, 7) is 7.85. The lowest BCUT2D eigenvalue weighted by Gasteiger charge is -2.36. The van der Waals surface area contributed by atoms with E-state index in [1.807, 2.05) is 43.3 Å². The molecule has 0 aliphatic heterocycles. The van der Waals surface area contributed by atoms with Gasteiger partial charge in [0.15, 0.2) is 0 Å². The van der Waals surface area contributed by atoms with Gasteiger partial charge in [-0.15, -0.1) is 0 Å². The monoisotopic (exact) mass is 449 g/mol. The summed E-state index contributed by atoms with van der Waals surface area (Å²) in [5.74, 6) is 0.650. The van der Waals surface area contributed by atoms with Crippen LogP contribution in [-0.4, -0.2) is 32.1 Å². The highest BCUT2D eigenvalue weighted by Crippen LogP contribution is 2.23. The molecule has 170 valence electrons. The van der Waals surface area contributed by atoms with Crippen molar-refractivity contribution in [2.24, 2.45) is 5.92 Å². The van der Waals surface area contributed by atoms with Crippen LogP contribution in [-0.2, 0) is 23.9 Å². The number of hydrogen-bond acceptors (Lipinski definition) is 3. The van der Waals surface area contributed by atoms with Gasteiger partial charge < -0.3 is 5.11 Å². The zero-order valence-electron chi connectivity index (χ0n) is 19.4. The predicted molar refractivity (Wildman–Crippen MR) is 134 cm³/mol. The van der Waals surface area contributed by atoms with Crippen LogP contribution >= 0.6 is 0 Å². The van der Waals surface area contributed by atoms with Crippen LogP contribution < -0.4 is 0 Å². The second-order valence-electron chi connectivity index (χ2n) is 8.97. The maximum atomic E-state index is 13.0. The van der Waals surface area contributed by atoms with Gasteiger partial charge in [0.1, 0.15) is 0 Å². The molecule has 0 saturated carbocycles. The van der Waals surface area contributed by atoms with E-state index in [0.717, 1.165) is 30.0 Å². The lowest BCUT2D eigenvalue weighted by molar-refractivity contribution is 0.0408. The van der Waals surface area contributed by atoms with Crippen molar-refractivity contribution in [1.82, 2.24) is 4.90 Å². The third-order valence-corrected chi connectivity index (χ3v) is 7.13. The van der Waals surface area contributed by atoms with Crippen LogP contribution in [0.15, 0.2) is 89.8 Å². The first-order chi connectivity index (χ1) is 15.4. The molecule has 1 N–H and O–H groups in total. The first-order valence-corrected chi connectivity index (χ1v) is 12.7. The normalized spacial score (nSPS) is 14.4. The molecule has 0 aliphatic carbocycles. The molecule has 0 bridgehead atoms. The fraction of sp³-hybridized carbons (Fsp3) is 0.357. The molecule has 0 spiro atoms. The molecule has 0 aromatic heterocycles. The molecule has 0 amide bonds. The average molecular weight is 450 g/mol. The molecule has 32 heavy (non-hydrogen) atoms. The van der Waals surface area contributed by atoms with Crippen molar-refractivity contribution in [2.45, 2.75) is 57.3 Å². The van der Waals surface area contributed by atoms with Crippen molar-refractivity contribution < 1.29 is 9.32 Å². The van der Waals surface area contributed by atoms with Gasteiger partial charge in [0.05, 0.1) is 22.7 Å². The van der Waals surface area contributed by atoms with Gasteiger partial charge in [0.25, 0.3) is 0 Å². The van der Waals surface area contributed by atoms with E-state index < -0.39 is 16.9 Å². The molecule has 0 heterocycles. The predicted octanol–water partition coefficient (Wildman–Crippen LogP) is 5.58. The Hall–Kier alpha value is -2.27. The van der Waals surface area contributed by atoms with Gasteiger partial charge >= 0.3 is 0 Å². The van der Waals surface area contributed by atoms with Crippen LogP contribution in [0.4, 0.5) is 0 Å². The number of benzene rings is 3. The standard InChI is InChI=1S/C28H35NO2S/c1-22(2)18-27(28(30)21-32(31)26-16-14-23(3)15-17-26)29(19-24-10-6-4-7-11-24)20-25-12-8-5-9-13-25/h4-17,22,27-28,30H,18-21H2,1-3H3/t27-,28+,32+/m0/s1. The number of aliphatic hydroxyl groups excluding tert-OH is 1. The Bertz CT molecular complexity index is 916. The zero-order chi connectivity index (χ0) is 22.9. The van der Waals surface area contributed by atoms with E-state index in [9.17, 15) is 9.32 Å². The Balaban J connectivity index is 1.84. The van der Waals surface area contributed by atoms with Crippen molar-refractivity contribution in [3.8, 4) is 0 Å². The van der Waals surface area contributed by atoms with Crippen LogP contribution in [0.2, 0.25) is 0 Å². The van der Waals surface area contributed by atoms with Gasteiger partial charge in [-0.1, -0.05) is 92.2 Å². The molecule has 3 atom stereocenters. The minimum absolute atomic E-state index is 0.0928. The van der Waals surface area contributed by atoms with Crippen molar-refractivity contribution >= 4 is 10.8 Å². The fourth-order valence-electron chi connectivity index (χ4n) is 4.01. The fourth-order valence-corrected chi connectivity index (χ4v) is 5.18. The molecular formula is C28H35NO2S. The molecule has 3 aromatic rings. The third kappa shape index (κ3) is 7.40. The smallest absolute Gasteiger partial charge is 0.0814 e. The van der Waals surface area contributed by atoms with Gasteiger partial charge in [-0.05, 0) is 42.5 Å². The Labute approximate surface area is 195 Å². The zero-order valence-corrected chi connectivity index (χ0v) is 20.2. The number of nitrogens with zero attached hydrogens (tertiary/aromatic N) is 1. The van der Waals surface area contributed by atoms with Crippen LogP contribution in [0.1, 0.15) is 37.0 Å². The summed E-state index contributed by atoms with van der Waals surface area (Å²) in [6, 6.07) is 28.4. The number of aliphatic hydroxyl groups is 1. The molecular weight excluding hydrogens is 414 g/mol. The number of hydrogen-bond donors (Lipinski definition) is 1. The molecule has 3 aromatic carbocycles. The van der Waals surface area contributed by atoms with Gasteiger partial charge in [-0.25, -0.2) is 0 Å². The van der Waals surface area contributed by atoms with E-state index in [1.165, 1.54) is 11.1 Å². The van der Waals surface area contributed by atoms with Gasteiger partial charge in [-0.3, -0.25) is 9.11 Å². The number of rotatable bonds is 11. The van der Waals surface area contributed by atoms with Gasteiger partial charge in [0, 0.05) is 24.0 Å². The first-order valence-electron chi connectivity index (χ1n) is 11.4. The molecule has 3 nitrogen and oxygen atoms in total. The minimum Gasteiger partial charge on any atom is -0.391 e. The third-order valence-electron chi connectivity index (χ3n) is 5.69. The molecule has 0 aliphatic rings. The maximum Gasteiger partial charge on any atom is 0.0814 e. The van der Waals surface area contributed by atoms with Crippen LogP contribution in [0.25, 0.3) is 0 Å². The van der Waals surface area contributed by atoms with Crippen molar-refractivity contribution in [1.29, 1.82) is 0 Å². The topological polar surface area (TPSA) is 40.5 Å². The SMILES string of the molecule is Cc1ccc([S@](=O)C[C@@H](O)[C@H](CC(C)C)N(Cc2ccccc2)Cc2ccccc2)cc1. The quantitative estimate of drug-likeness (QED) is 0.415. The summed E-state index contributed by atoms with van der Waals surface area (Å²) in [6.07, 6.45) is 0.151. The van der Waals surface area contributed by atoms with E-state index in [0.29, 0.717) is 5.92 Å². The van der Waals surface area contributed by atoms with E-state index in [2.05, 4.69) is 67.3 Å². The number of aryl methyl sites for hydroxylation is 1. The molecule has 3 rings (SSSR count). The Morgan fingerprint density at radius 2 is 1.31 bits per heavy atom. The van der Waals surface area contributed by atoms with Gasteiger partial charge in [-0.2, -0.15) is 0 Å². The highest BCUT2D eigenvalue weighted by atomic mass is 32.2. The summed E-state index contributed by atoms with van der Waals surface area (Å²) in [7, 11) is -1.24. The first kappa shape index (κ1) is 24.4. The van der Waals surface area contributed by atoms with Crippen LogP contribution in [0, 0.1) is 12.8 Å². The van der Waals surface area contributed by atoms with E-state index in [4.69, 9.17) is 0 Å².